The van der Waals surface area contributed by atoms with Crippen molar-refractivity contribution in [3.63, 3.8) is 0 Å². The lowest BCUT2D eigenvalue weighted by atomic mass is 10.3. The maximum atomic E-state index is 11.4. The summed E-state index contributed by atoms with van der Waals surface area (Å²) in [5.74, 6) is -0.930. The molecule has 0 aliphatic carbocycles. The monoisotopic (exact) mass is 312 g/mol. The molecule has 0 saturated carbocycles. The number of nitrogens with zero attached hydrogens (tertiary/aromatic N) is 1. The molecule has 0 amide bonds. The molecule has 0 radical (unpaired) electrons. The maximum absolute atomic E-state index is 11.4. The van der Waals surface area contributed by atoms with Crippen LogP contribution in [0.3, 0.4) is 0 Å². The molecule has 1 aromatic heterocycles. The van der Waals surface area contributed by atoms with Crippen LogP contribution in [0.4, 0.5) is 0 Å². The minimum atomic E-state index is -0.499. The molecule has 6 nitrogen and oxygen atoms in total. The molecule has 1 heterocycles. The minimum absolute atomic E-state index is 0.0326. The van der Waals surface area contributed by atoms with E-state index in [0.717, 1.165) is 5.56 Å². The Morgan fingerprint density at radius 2 is 2.14 bits per heavy atom. The lowest BCUT2D eigenvalue weighted by molar-refractivity contribution is -0.141. The van der Waals surface area contributed by atoms with Crippen molar-refractivity contribution in [3.05, 3.63) is 40.8 Å². The molecular formula is C14H17ClN2O4. The lowest BCUT2D eigenvalue weighted by Crippen LogP contribution is -2.20. The summed E-state index contributed by atoms with van der Waals surface area (Å²) in [7, 11) is 0. The van der Waals surface area contributed by atoms with Gasteiger partial charge in [-0.05, 0) is 18.6 Å². The van der Waals surface area contributed by atoms with Gasteiger partial charge in [-0.2, -0.15) is 0 Å². The molecule has 1 N–H and O–H groups in total. The maximum Gasteiger partial charge on any atom is 0.332 e. The normalized spacial score (nSPS) is 10.9. The summed E-state index contributed by atoms with van der Waals surface area (Å²) in [5, 5.41) is 3.40. The number of aromatic nitrogens is 1. The number of hydrogen-bond donors (Lipinski definition) is 1. The zero-order valence-corrected chi connectivity index (χ0v) is 12.6. The molecule has 0 unspecified atom stereocenters. The van der Waals surface area contributed by atoms with Crippen LogP contribution < -0.4 is 5.32 Å². The van der Waals surface area contributed by atoms with Gasteiger partial charge in [-0.15, -0.1) is 0 Å². The summed E-state index contributed by atoms with van der Waals surface area (Å²) in [4.78, 5) is 26.2. The van der Waals surface area contributed by atoms with Gasteiger partial charge >= 0.3 is 11.9 Å². The fourth-order valence-electron chi connectivity index (χ4n) is 1.38. The Labute approximate surface area is 128 Å². The molecule has 114 valence electrons. The Morgan fingerprint density at radius 3 is 2.71 bits per heavy atom. The van der Waals surface area contributed by atoms with Gasteiger partial charge in [-0.25, -0.2) is 9.78 Å². The van der Waals surface area contributed by atoms with Crippen LogP contribution in [0.5, 0.6) is 0 Å². The second-order valence-electron chi connectivity index (χ2n) is 4.04. The Morgan fingerprint density at radius 1 is 1.38 bits per heavy atom. The van der Waals surface area contributed by atoms with Gasteiger partial charge in [0, 0.05) is 25.7 Å². The Kier molecular flexibility index (Phi) is 7.25. The highest BCUT2D eigenvalue weighted by Gasteiger charge is 2.05. The molecule has 0 aromatic carbocycles. The predicted octanol–water partition coefficient (Wildman–Crippen LogP) is 1.83. The van der Waals surface area contributed by atoms with Crippen molar-refractivity contribution in [1.29, 1.82) is 0 Å². The fourth-order valence-corrected chi connectivity index (χ4v) is 1.49. The van der Waals surface area contributed by atoms with Gasteiger partial charge in [-0.1, -0.05) is 17.7 Å². The van der Waals surface area contributed by atoms with E-state index < -0.39 is 11.9 Å². The van der Waals surface area contributed by atoms with E-state index in [2.05, 4.69) is 10.3 Å². The van der Waals surface area contributed by atoms with Gasteiger partial charge in [0.1, 0.15) is 11.8 Å². The first-order chi connectivity index (χ1) is 10.0. The van der Waals surface area contributed by atoms with Crippen LogP contribution in [0, 0.1) is 0 Å². The third-order valence-electron chi connectivity index (χ3n) is 2.32. The van der Waals surface area contributed by atoms with Gasteiger partial charge in [0.05, 0.1) is 12.3 Å². The van der Waals surface area contributed by atoms with Gasteiger partial charge < -0.3 is 14.8 Å². The molecular weight excluding hydrogens is 296 g/mol. The Bertz CT molecular complexity index is 514. The Balaban J connectivity index is 2.65. The summed E-state index contributed by atoms with van der Waals surface area (Å²) in [6.07, 6.45) is 2.87. The number of carbonyl (C=O) groups is 2. The standard InChI is InChI=1S/C14H17ClN2O4/c1-3-20-14(19)6-12(9-21-10(2)18)16-7-11-4-5-13(15)17-8-11/h4-6,8,16H,3,7,9H2,1-2H3/b12-6+. The van der Waals surface area contributed by atoms with Crippen LogP contribution in [0.2, 0.25) is 5.15 Å². The third kappa shape index (κ3) is 7.31. The number of nitrogens with one attached hydrogen (secondary N) is 1. The fraction of sp³-hybridized carbons (Fsp3) is 0.357. The highest BCUT2D eigenvalue weighted by Crippen LogP contribution is 2.06. The molecule has 0 atom stereocenters. The van der Waals surface area contributed by atoms with E-state index in [4.69, 9.17) is 21.1 Å². The second-order valence-corrected chi connectivity index (χ2v) is 4.43. The smallest absolute Gasteiger partial charge is 0.332 e. The molecule has 0 aliphatic heterocycles. The van der Waals surface area contributed by atoms with Gasteiger partial charge in [0.25, 0.3) is 0 Å². The zero-order chi connectivity index (χ0) is 15.7. The van der Waals surface area contributed by atoms with E-state index in [-0.39, 0.29) is 13.2 Å². The molecule has 0 spiro atoms. The van der Waals surface area contributed by atoms with E-state index in [1.165, 1.54) is 13.0 Å². The first kappa shape index (κ1) is 17.0. The predicted molar refractivity (Wildman–Crippen MR) is 77.4 cm³/mol. The van der Waals surface area contributed by atoms with E-state index in [1.54, 1.807) is 25.3 Å². The molecule has 0 saturated heterocycles. The van der Waals surface area contributed by atoms with Crippen LogP contribution in [-0.4, -0.2) is 30.1 Å². The van der Waals surface area contributed by atoms with E-state index in [9.17, 15) is 9.59 Å². The third-order valence-corrected chi connectivity index (χ3v) is 2.54. The molecule has 0 aliphatic rings. The lowest BCUT2D eigenvalue weighted by Gasteiger charge is -2.11. The van der Waals surface area contributed by atoms with Crippen LogP contribution in [0.25, 0.3) is 0 Å². The zero-order valence-electron chi connectivity index (χ0n) is 11.9. The molecule has 0 bridgehead atoms. The summed E-state index contributed by atoms with van der Waals surface area (Å²) in [5.41, 5.74) is 1.32. The van der Waals surface area contributed by atoms with Crippen molar-refractivity contribution in [2.75, 3.05) is 13.2 Å². The average molecular weight is 313 g/mol. The van der Waals surface area contributed by atoms with Crippen molar-refractivity contribution < 1.29 is 19.1 Å². The van der Waals surface area contributed by atoms with Gasteiger partial charge in [0.15, 0.2) is 0 Å². The number of carbonyl (C=O) groups excluding carboxylic acids is 2. The van der Waals surface area contributed by atoms with Gasteiger partial charge in [0.2, 0.25) is 0 Å². The average Bonchev–Trinajstić information content (AvgIpc) is 2.43. The molecule has 1 aromatic rings. The molecule has 0 fully saturated rings. The number of hydrogen-bond acceptors (Lipinski definition) is 6. The number of halogens is 1. The van der Waals surface area contributed by atoms with E-state index in [0.29, 0.717) is 17.4 Å². The van der Waals surface area contributed by atoms with Crippen LogP contribution in [-0.2, 0) is 25.6 Å². The number of pyridine rings is 1. The number of rotatable bonds is 7. The first-order valence-corrected chi connectivity index (χ1v) is 6.74. The van der Waals surface area contributed by atoms with Crippen molar-refractivity contribution in [2.24, 2.45) is 0 Å². The highest BCUT2D eigenvalue weighted by molar-refractivity contribution is 6.29. The molecule has 1 rings (SSSR count). The van der Waals surface area contributed by atoms with Gasteiger partial charge in [-0.3, -0.25) is 4.79 Å². The summed E-state index contributed by atoms with van der Waals surface area (Å²) < 4.78 is 9.70. The number of esters is 2. The molecule has 7 heteroatoms. The van der Waals surface area contributed by atoms with Crippen molar-refractivity contribution in [1.82, 2.24) is 10.3 Å². The first-order valence-electron chi connectivity index (χ1n) is 6.36. The SMILES string of the molecule is CCOC(=O)/C=C(\COC(C)=O)NCc1ccc(Cl)nc1. The summed E-state index contributed by atoms with van der Waals surface area (Å²) in [6.45, 7) is 3.67. The topological polar surface area (TPSA) is 77.5 Å². The highest BCUT2D eigenvalue weighted by atomic mass is 35.5. The summed E-state index contributed by atoms with van der Waals surface area (Å²) in [6, 6.07) is 3.47. The van der Waals surface area contributed by atoms with Crippen LogP contribution >= 0.6 is 11.6 Å². The Hall–Kier alpha value is -2.08. The van der Waals surface area contributed by atoms with Crippen LogP contribution in [0.1, 0.15) is 19.4 Å². The van der Waals surface area contributed by atoms with E-state index >= 15 is 0 Å². The van der Waals surface area contributed by atoms with Crippen molar-refractivity contribution in [2.45, 2.75) is 20.4 Å². The minimum Gasteiger partial charge on any atom is -0.463 e. The quantitative estimate of drug-likeness (QED) is 0.470. The largest absolute Gasteiger partial charge is 0.463 e. The van der Waals surface area contributed by atoms with Crippen molar-refractivity contribution in [3.8, 4) is 0 Å². The second kappa shape index (κ2) is 8.97. The number of ether oxygens (including phenoxy) is 2. The van der Waals surface area contributed by atoms with E-state index in [1.807, 2.05) is 0 Å². The summed E-state index contributed by atoms with van der Waals surface area (Å²) >= 11 is 5.70. The van der Waals surface area contributed by atoms with Crippen LogP contribution in [0.15, 0.2) is 30.1 Å². The molecule has 21 heavy (non-hydrogen) atoms. The van der Waals surface area contributed by atoms with Crippen molar-refractivity contribution >= 4 is 23.5 Å².